The molecule has 7 amide bonds. The highest BCUT2D eigenvalue weighted by atomic mass is 16.3. The second-order valence-corrected chi connectivity index (χ2v) is 20.6. The van der Waals surface area contributed by atoms with Crippen molar-refractivity contribution in [1.82, 2.24) is 56.3 Å². The lowest BCUT2D eigenvalue weighted by atomic mass is 9.98. The average Bonchev–Trinajstić information content (AvgIpc) is 3.98. The molecule has 16 N–H and O–H groups in total. The number of imidazole rings is 1. The lowest BCUT2D eigenvalue weighted by Gasteiger charge is -2.38. The molecule has 26 nitrogen and oxygen atoms in total. The number of carbonyl (C=O) groups is 7. The molecule has 0 bridgehead atoms. The molecule has 0 aliphatic carbocycles. The van der Waals surface area contributed by atoms with Gasteiger partial charge in [-0.1, -0.05) is 46.2 Å². The average molecular weight is 1110 g/mol. The van der Waals surface area contributed by atoms with Crippen LogP contribution in [0.1, 0.15) is 84.0 Å². The number of fused-ring (bicyclic) bond motifs is 1. The Morgan fingerprint density at radius 2 is 1.40 bits per heavy atom. The highest BCUT2D eigenvalue weighted by molar-refractivity contribution is 5.96. The molecule has 1 saturated heterocycles. The smallest absolute Gasteiger partial charge is 0.261 e. The zero-order valence-electron chi connectivity index (χ0n) is 46.4. The summed E-state index contributed by atoms with van der Waals surface area (Å²) < 4.78 is 1.11. The molecule has 2 aromatic carbocycles. The van der Waals surface area contributed by atoms with Crippen LogP contribution in [0.25, 0.3) is 10.9 Å². The Balaban J connectivity index is 1.32. The van der Waals surface area contributed by atoms with Gasteiger partial charge in [-0.3, -0.25) is 47.9 Å². The van der Waals surface area contributed by atoms with Crippen molar-refractivity contribution in [2.24, 2.45) is 39.8 Å². The maximum atomic E-state index is 14.4. The number of aromatic nitrogens is 4. The van der Waals surface area contributed by atoms with Crippen LogP contribution in [0.15, 0.2) is 71.0 Å². The summed E-state index contributed by atoms with van der Waals surface area (Å²) in [6.07, 6.45) is 6.94. The van der Waals surface area contributed by atoms with Crippen LogP contribution >= 0.6 is 0 Å². The number of hydrogen-bond donors (Lipinski definition) is 12. The molecule has 0 spiro atoms. The zero-order valence-corrected chi connectivity index (χ0v) is 46.4. The quantitative estimate of drug-likeness (QED) is 0.0165. The van der Waals surface area contributed by atoms with Gasteiger partial charge in [-0.05, 0) is 92.8 Å². The van der Waals surface area contributed by atoms with Crippen LogP contribution < -0.4 is 65.3 Å². The molecule has 1 aliphatic heterocycles. The Labute approximate surface area is 465 Å². The number of guanidine groups is 1. The highest BCUT2D eigenvalue weighted by Crippen LogP contribution is 2.22. The minimum absolute atomic E-state index is 0.0156. The minimum atomic E-state index is -1.38. The first-order valence-corrected chi connectivity index (χ1v) is 27.2. The van der Waals surface area contributed by atoms with Crippen molar-refractivity contribution in [2.75, 3.05) is 51.2 Å². The molecule has 0 unspecified atom stereocenters. The van der Waals surface area contributed by atoms with Crippen molar-refractivity contribution in [2.45, 2.75) is 128 Å². The largest absolute Gasteiger partial charge is 0.508 e. The highest BCUT2D eigenvalue weighted by Gasteiger charge is 2.34. The fourth-order valence-corrected chi connectivity index (χ4v) is 9.14. The van der Waals surface area contributed by atoms with E-state index in [2.05, 4.69) is 51.8 Å². The first kappa shape index (κ1) is 62.7. The van der Waals surface area contributed by atoms with Crippen molar-refractivity contribution in [1.29, 1.82) is 0 Å². The summed E-state index contributed by atoms with van der Waals surface area (Å²) >= 11 is 0. The molecule has 3 heterocycles. The monoisotopic (exact) mass is 1110 g/mol. The third kappa shape index (κ3) is 18.8. The predicted octanol–water partition coefficient (Wildman–Crippen LogP) is -1.27. The number of likely N-dealkylation sites (N-methyl/N-ethyl adjacent to an activating group) is 1. The number of hydrogen-bond acceptors (Lipinski definition) is 15. The second-order valence-electron chi connectivity index (χ2n) is 20.6. The van der Waals surface area contributed by atoms with Gasteiger partial charge in [0.25, 0.3) is 5.56 Å². The predicted molar refractivity (Wildman–Crippen MR) is 302 cm³/mol. The van der Waals surface area contributed by atoms with Gasteiger partial charge >= 0.3 is 0 Å². The number of piperazine rings is 1. The van der Waals surface area contributed by atoms with E-state index in [4.69, 9.17) is 22.9 Å². The van der Waals surface area contributed by atoms with Gasteiger partial charge < -0.3 is 74.7 Å². The molecular weight excluding hydrogens is 1030 g/mol. The number of aromatic hydroxyl groups is 1. The van der Waals surface area contributed by atoms with E-state index in [0.717, 1.165) is 4.57 Å². The van der Waals surface area contributed by atoms with E-state index in [1.807, 2.05) is 38.7 Å². The maximum absolute atomic E-state index is 14.4. The number of phenols is 1. The number of benzene rings is 2. The number of carbonyl (C=O) groups excluding carboxylic acids is 7. The van der Waals surface area contributed by atoms with Crippen molar-refractivity contribution in [3.63, 3.8) is 0 Å². The Morgan fingerprint density at radius 3 is 2.01 bits per heavy atom. The van der Waals surface area contributed by atoms with E-state index in [9.17, 15) is 43.5 Å². The van der Waals surface area contributed by atoms with Gasteiger partial charge in [-0.15, -0.1) is 0 Å². The number of phenolic OH excluding ortho intramolecular Hbond substituents is 1. The third-order valence-electron chi connectivity index (χ3n) is 14.0. The van der Waals surface area contributed by atoms with Gasteiger partial charge in [0.05, 0.1) is 23.3 Å². The van der Waals surface area contributed by atoms with Gasteiger partial charge in [-0.25, -0.2) is 9.97 Å². The number of nitrogens with one attached hydrogen (secondary N) is 7. The summed E-state index contributed by atoms with van der Waals surface area (Å²) in [5, 5.41) is 26.6. The summed E-state index contributed by atoms with van der Waals surface area (Å²) in [4.78, 5) is 130. The second kappa shape index (κ2) is 30.9. The molecule has 436 valence electrons. The summed E-state index contributed by atoms with van der Waals surface area (Å²) in [6.45, 7) is 9.18. The van der Waals surface area contributed by atoms with Crippen LogP contribution in [-0.2, 0) is 52.9 Å². The third-order valence-corrected chi connectivity index (χ3v) is 14.0. The molecule has 7 atom stereocenters. The van der Waals surface area contributed by atoms with Crippen LogP contribution in [0.2, 0.25) is 0 Å². The molecule has 0 saturated carbocycles. The molecule has 1 aliphatic rings. The lowest BCUT2D eigenvalue weighted by Crippen LogP contribution is -2.59. The number of nitrogens with zero attached hydrogens (tertiary/aromatic N) is 6. The van der Waals surface area contributed by atoms with Crippen LogP contribution in [-0.4, -0.2) is 159 Å². The van der Waals surface area contributed by atoms with E-state index in [-0.39, 0.29) is 73.0 Å². The molecule has 1 fully saturated rings. The Bertz CT molecular complexity index is 2800. The molecule has 5 rings (SSSR count). The zero-order chi connectivity index (χ0) is 58.5. The lowest BCUT2D eigenvalue weighted by molar-refractivity contribution is -0.137. The summed E-state index contributed by atoms with van der Waals surface area (Å²) in [6, 6.07) is 4.82. The minimum Gasteiger partial charge on any atom is -0.508 e. The maximum Gasteiger partial charge on any atom is 0.261 e. The van der Waals surface area contributed by atoms with Gasteiger partial charge in [-0.2, -0.15) is 0 Å². The van der Waals surface area contributed by atoms with Crippen LogP contribution in [0.3, 0.4) is 0 Å². The number of rotatable bonds is 30. The molecule has 80 heavy (non-hydrogen) atoms. The topological polar surface area (TPSA) is 398 Å². The van der Waals surface area contributed by atoms with Crippen molar-refractivity contribution < 1.29 is 38.7 Å². The van der Waals surface area contributed by atoms with E-state index in [1.54, 1.807) is 29.2 Å². The van der Waals surface area contributed by atoms with Crippen LogP contribution in [0.5, 0.6) is 5.75 Å². The molecule has 2 aromatic heterocycles. The van der Waals surface area contributed by atoms with Crippen molar-refractivity contribution in [3.05, 3.63) is 82.9 Å². The Hall–Kier alpha value is -8.13. The number of aliphatic imine (C=N–C) groups is 1. The molecular formula is C54H81N17O9. The van der Waals surface area contributed by atoms with Gasteiger partial charge in [0.1, 0.15) is 48.3 Å². The van der Waals surface area contributed by atoms with E-state index < -0.39 is 77.9 Å². The summed E-state index contributed by atoms with van der Waals surface area (Å²) in [5.41, 5.74) is 24.1. The number of nitrogens with two attached hydrogens (primary N) is 4. The van der Waals surface area contributed by atoms with Crippen molar-refractivity contribution in [3.8, 4) is 5.75 Å². The normalized spacial score (nSPS) is 15.1. The SMILES string of the molecule is CC[C@H](C)[C@H](N)C(=O)N[C@@H](CCCCN)C(=O)N1CCN(c2ccc3ncn(CC(=O)N[C@@H](CCCN=C(N)N)C(=O)N[C@H](Cc4ncc[nH]4)C(=O)N[C@@H](Cc4ccc(O)cc4)C(=O)N[C@@H](CC(C)C)C(=O)NC)c(=O)c3c2)CC1. The van der Waals surface area contributed by atoms with Crippen molar-refractivity contribution >= 4 is 63.9 Å². The molecule has 0 radical (unpaired) electrons. The van der Waals surface area contributed by atoms with Crippen LogP contribution in [0, 0.1) is 11.8 Å². The molecule has 4 aromatic rings. The van der Waals surface area contributed by atoms with Gasteiger partial charge in [0.2, 0.25) is 41.4 Å². The fraction of sp³-hybridized carbons (Fsp3) is 0.537. The molecule has 26 heteroatoms. The summed E-state index contributed by atoms with van der Waals surface area (Å²) in [5.74, 6) is -3.96. The fourth-order valence-electron chi connectivity index (χ4n) is 9.14. The van der Waals surface area contributed by atoms with Gasteiger partial charge in [0, 0.05) is 70.7 Å². The number of aromatic amines is 1. The Kier molecular flexibility index (Phi) is 24.2. The summed E-state index contributed by atoms with van der Waals surface area (Å²) in [7, 11) is 1.45. The van der Waals surface area contributed by atoms with Crippen LogP contribution in [0.4, 0.5) is 5.69 Å². The first-order valence-electron chi connectivity index (χ1n) is 27.2. The van der Waals surface area contributed by atoms with Gasteiger partial charge in [0.15, 0.2) is 5.96 Å². The number of amides is 7. The first-order chi connectivity index (χ1) is 38.2. The van der Waals surface area contributed by atoms with E-state index >= 15 is 0 Å². The van der Waals surface area contributed by atoms with E-state index in [0.29, 0.717) is 87.4 Å². The Morgan fingerprint density at radius 1 is 0.762 bits per heavy atom. The number of unbranched alkanes of at least 4 members (excludes halogenated alkanes) is 1. The number of H-pyrrole nitrogens is 1. The number of anilines is 1. The standard InChI is InChI=1S/C54H81N17O9/c1-6-33(4)46(56)51(78)65-40(10-7-8-18-55)53(80)70-24-22-69(23-25-70)35-14-17-38-37(28-35)52(79)71(31-63-38)30-45(73)64-39(11-9-19-62-54(57)58)48(75)68-43(29-44-60-20-21-61-44)50(77)67-42(27-34-12-15-36(72)16-13-34)49(76)66-41(26-32(2)3)47(74)59-5/h12-17,20-21,28,31-33,39-43,46,72H,6-11,18-19,22-27,29-30,55-56H2,1-5H3,(H,59,74)(H,60,61)(H,64,73)(H,65,78)(H,66,76)(H,67,77)(H,68,75)(H4,57,58,62)/t33-,39-,40-,41-,42-,43+,46-/m0/s1. The van der Waals surface area contributed by atoms with E-state index in [1.165, 1.54) is 37.9 Å².